The highest BCUT2D eigenvalue weighted by Crippen LogP contribution is 2.23. The van der Waals surface area contributed by atoms with Crippen molar-refractivity contribution in [3.8, 4) is 0 Å². The molecule has 1 aromatic heterocycles. The van der Waals surface area contributed by atoms with Crippen molar-refractivity contribution in [3.63, 3.8) is 0 Å². The quantitative estimate of drug-likeness (QED) is 0.489. The average Bonchev–Trinajstić information content (AvgIpc) is 2.84. The number of hydrogen-bond acceptors (Lipinski definition) is 5. The Balaban J connectivity index is 1.29. The summed E-state index contributed by atoms with van der Waals surface area (Å²) >= 11 is 0. The van der Waals surface area contributed by atoms with Crippen molar-refractivity contribution in [2.45, 2.75) is 13.8 Å². The fourth-order valence-corrected chi connectivity index (χ4v) is 4.26. The van der Waals surface area contributed by atoms with E-state index in [2.05, 4.69) is 34.3 Å². The predicted molar refractivity (Wildman–Crippen MR) is 133 cm³/mol. The summed E-state index contributed by atoms with van der Waals surface area (Å²) in [6.45, 7) is 6.83. The molecule has 1 aliphatic heterocycles. The molecule has 6 nitrogen and oxygen atoms in total. The maximum atomic E-state index is 13.3. The molecule has 5 rings (SSSR count). The van der Waals surface area contributed by atoms with Gasteiger partial charge in [0, 0.05) is 49.2 Å². The van der Waals surface area contributed by atoms with Gasteiger partial charge in [-0.3, -0.25) is 4.79 Å². The van der Waals surface area contributed by atoms with Crippen LogP contribution in [0.25, 0.3) is 10.8 Å². The van der Waals surface area contributed by atoms with E-state index in [-0.39, 0.29) is 5.91 Å². The molecule has 166 valence electrons. The summed E-state index contributed by atoms with van der Waals surface area (Å²) in [5.41, 5.74) is 3.85. The van der Waals surface area contributed by atoms with E-state index in [1.807, 2.05) is 72.5 Å². The van der Waals surface area contributed by atoms with Crippen LogP contribution in [-0.2, 0) is 0 Å². The lowest BCUT2D eigenvalue weighted by Gasteiger charge is -2.35. The Morgan fingerprint density at radius 1 is 0.848 bits per heavy atom. The van der Waals surface area contributed by atoms with Crippen molar-refractivity contribution in [3.05, 3.63) is 89.6 Å². The van der Waals surface area contributed by atoms with E-state index < -0.39 is 0 Å². The van der Waals surface area contributed by atoms with E-state index in [1.165, 1.54) is 5.56 Å². The van der Waals surface area contributed by atoms with E-state index in [0.29, 0.717) is 19.0 Å². The fraction of sp³-hybridized carbons (Fsp3) is 0.222. The molecule has 1 saturated heterocycles. The van der Waals surface area contributed by atoms with E-state index in [0.717, 1.165) is 46.6 Å². The average molecular weight is 438 g/mol. The Morgan fingerprint density at radius 2 is 1.58 bits per heavy atom. The van der Waals surface area contributed by atoms with Gasteiger partial charge in [0.15, 0.2) is 0 Å². The standard InChI is InChI=1S/C27H27N5O/c1-19-10-12-22(13-11-19)29-27-28-20(2)18-25(30-27)31-14-16-32(17-15-31)26(33)24-9-5-7-21-6-3-4-8-23(21)24/h3-13,18H,14-17H2,1-2H3,(H,28,29,30). The van der Waals surface area contributed by atoms with Crippen molar-refractivity contribution in [2.75, 3.05) is 36.4 Å². The third kappa shape index (κ3) is 4.51. The number of benzene rings is 3. The maximum Gasteiger partial charge on any atom is 0.254 e. The number of anilines is 3. The summed E-state index contributed by atoms with van der Waals surface area (Å²) in [5, 5.41) is 5.40. The number of hydrogen-bond donors (Lipinski definition) is 1. The highest BCUT2D eigenvalue weighted by Gasteiger charge is 2.24. The number of carbonyl (C=O) groups excluding carboxylic acids is 1. The Kier molecular flexibility index (Phi) is 5.65. The molecule has 6 heteroatoms. The SMILES string of the molecule is Cc1ccc(Nc2nc(C)cc(N3CCN(C(=O)c4cccc5ccccc45)CC3)n2)cc1. The van der Waals surface area contributed by atoms with Crippen LogP contribution in [-0.4, -0.2) is 47.0 Å². The molecule has 0 spiro atoms. The Labute approximate surface area is 193 Å². The smallest absolute Gasteiger partial charge is 0.254 e. The number of piperazine rings is 1. The van der Waals surface area contributed by atoms with Gasteiger partial charge < -0.3 is 15.1 Å². The number of fused-ring (bicyclic) bond motifs is 1. The summed E-state index contributed by atoms with van der Waals surface area (Å²) in [5.74, 6) is 1.56. The summed E-state index contributed by atoms with van der Waals surface area (Å²) in [6.07, 6.45) is 0. The molecule has 0 saturated carbocycles. The monoisotopic (exact) mass is 437 g/mol. The molecule has 33 heavy (non-hydrogen) atoms. The third-order valence-electron chi connectivity index (χ3n) is 6.06. The Hall–Kier alpha value is -3.93. The molecular formula is C27H27N5O. The summed E-state index contributed by atoms with van der Waals surface area (Å²) in [6, 6.07) is 24.2. The van der Waals surface area contributed by atoms with E-state index in [9.17, 15) is 4.79 Å². The third-order valence-corrected chi connectivity index (χ3v) is 6.06. The van der Waals surface area contributed by atoms with Gasteiger partial charge >= 0.3 is 0 Å². The van der Waals surface area contributed by atoms with Crippen LogP contribution < -0.4 is 10.2 Å². The number of carbonyl (C=O) groups is 1. The second-order valence-corrected chi connectivity index (χ2v) is 8.49. The molecular weight excluding hydrogens is 410 g/mol. The van der Waals surface area contributed by atoms with Gasteiger partial charge in [-0.05, 0) is 42.8 Å². The first kappa shape index (κ1) is 20.9. The van der Waals surface area contributed by atoms with Crippen LogP contribution in [0.5, 0.6) is 0 Å². The van der Waals surface area contributed by atoms with Crippen LogP contribution in [0.2, 0.25) is 0 Å². The molecule has 1 aliphatic rings. The van der Waals surface area contributed by atoms with Gasteiger partial charge in [-0.15, -0.1) is 0 Å². The number of aromatic nitrogens is 2. The summed E-state index contributed by atoms with van der Waals surface area (Å²) < 4.78 is 0. The molecule has 4 aromatic rings. The second-order valence-electron chi connectivity index (χ2n) is 8.49. The van der Waals surface area contributed by atoms with Crippen LogP contribution >= 0.6 is 0 Å². The van der Waals surface area contributed by atoms with Crippen molar-refractivity contribution in [1.82, 2.24) is 14.9 Å². The second kappa shape index (κ2) is 8.90. The van der Waals surface area contributed by atoms with E-state index in [1.54, 1.807) is 0 Å². The molecule has 3 aromatic carbocycles. The van der Waals surface area contributed by atoms with Crippen LogP contribution in [0.15, 0.2) is 72.8 Å². The zero-order chi connectivity index (χ0) is 22.8. The van der Waals surface area contributed by atoms with Crippen LogP contribution in [0.1, 0.15) is 21.6 Å². The van der Waals surface area contributed by atoms with Gasteiger partial charge in [-0.25, -0.2) is 4.98 Å². The minimum Gasteiger partial charge on any atom is -0.353 e. The molecule has 0 radical (unpaired) electrons. The van der Waals surface area contributed by atoms with Gasteiger partial charge in [0.25, 0.3) is 5.91 Å². The molecule has 2 heterocycles. The van der Waals surface area contributed by atoms with Gasteiger partial charge in [-0.2, -0.15) is 4.98 Å². The van der Waals surface area contributed by atoms with Crippen molar-refractivity contribution < 1.29 is 4.79 Å². The largest absolute Gasteiger partial charge is 0.353 e. The Bertz CT molecular complexity index is 1290. The molecule has 0 atom stereocenters. The molecule has 1 fully saturated rings. The summed E-state index contributed by atoms with van der Waals surface area (Å²) in [7, 11) is 0. The first-order valence-corrected chi connectivity index (χ1v) is 11.3. The highest BCUT2D eigenvalue weighted by molar-refractivity contribution is 6.07. The van der Waals surface area contributed by atoms with Gasteiger partial charge in [-0.1, -0.05) is 54.1 Å². The lowest BCUT2D eigenvalue weighted by Crippen LogP contribution is -2.49. The summed E-state index contributed by atoms with van der Waals surface area (Å²) in [4.78, 5) is 26.7. The molecule has 0 aliphatic carbocycles. The predicted octanol–water partition coefficient (Wildman–Crippen LogP) is 4.95. The zero-order valence-electron chi connectivity index (χ0n) is 19.0. The molecule has 1 N–H and O–H groups in total. The van der Waals surface area contributed by atoms with Gasteiger partial charge in [0.1, 0.15) is 5.82 Å². The minimum absolute atomic E-state index is 0.0899. The van der Waals surface area contributed by atoms with Gasteiger partial charge in [0.05, 0.1) is 0 Å². The first-order chi connectivity index (χ1) is 16.1. The van der Waals surface area contributed by atoms with Crippen LogP contribution in [0, 0.1) is 13.8 Å². The molecule has 0 unspecified atom stereocenters. The number of nitrogens with one attached hydrogen (secondary N) is 1. The van der Waals surface area contributed by atoms with Crippen LogP contribution in [0.3, 0.4) is 0 Å². The topological polar surface area (TPSA) is 61.4 Å². The number of rotatable bonds is 4. The van der Waals surface area contributed by atoms with Gasteiger partial charge in [0.2, 0.25) is 5.95 Å². The van der Waals surface area contributed by atoms with E-state index in [4.69, 9.17) is 4.98 Å². The fourth-order valence-electron chi connectivity index (χ4n) is 4.26. The first-order valence-electron chi connectivity index (χ1n) is 11.3. The number of nitrogens with zero attached hydrogens (tertiary/aromatic N) is 4. The number of amides is 1. The van der Waals surface area contributed by atoms with Crippen LogP contribution in [0.4, 0.5) is 17.5 Å². The molecule has 1 amide bonds. The van der Waals surface area contributed by atoms with Crippen molar-refractivity contribution in [1.29, 1.82) is 0 Å². The minimum atomic E-state index is 0.0899. The lowest BCUT2D eigenvalue weighted by molar-refractivity contribution is 0.0748. The zero-order valence-corrected chi connectivity index (χ0v) is 19.0. The Morgan fingerprint density at radius 3 is 2.36 bits per heavy atom. The highest BCUT2D eigenvalue weighted by atomic mass is 16.2. The van der Waals surface area contributed by atoms with Crippen molar-refractivity contribution >= 4 is 34.1 Å². The molecule has 0 bridgehead atoms. The van der Waals surface area contributed by atoms with E-state index >= 15 is 0 Å². The maximum absolute atomic E-state index is 13.3. The normalized spacial score (nSPS) is 13.9. The van der Waals surface area contributed by atoms with Crippen molar-refractivity contribution in [2.24, 2.45) is 0 Å². The number of aryl methyl sites for hydroxylation is 2. The lowest BCUT2D eigenvalue weighted by atomic mass is 10.0.